The van der Waals surface area contributed by atoms with Crippen molar-refractivity contribution in [3.63, 3.8) is 0 Å². The van der Waals surface area contributed by atoms with Crippen LogP contribution in [0.4, 0.5) is 0 Å². The molecule has 0 aromatic carbocycles. The van der Waals surface area contributed by atoms with Crippen molar-refractivity contribution in [3.05, 3.63) is 29.6 Å². The summed E-state index contributed by atoms with van der Waals surface area (Å²) in [6.07, 6.45) is 7.94. The molecule has 1 aromatic heterocycles. The van der Waals surface area contributed by atoms with E-state index < -0.39 is 5.91 Å². The number of hydrogen-bond acceptors (Lipinski definition) is 5. The van der Waals surface area contributed by atoms with Gasteiger partial charge < -0.3 is 15.2 Å². The fraction of sp³-hybridized carbons (Fsp3) is 0.700. The van der Waals surface area contributed by atoms with Gasteiger partial charge in [0, 0.05) is 51.4 Å². The molecular formula is C20H30ClN3O3. The van der Waals surface area contributed by atoms with Crippen molar-refractivity contribution in [1.82, 2.24) is 9.88 Å². The Hall–Kier alpha value is -1.21. The first-order valence-corrected chi connectivity index (χ1v) is 9.79. The van der Waals surface area contributed by atoms with Crippen LogP contribution >= 0.6 is 12.4 Å². The average molecular weight is 396 g/mol. The number of hydrogen-bond donors (Lipinski definition) is 1. The van der Waals surface area contributed by atoms with Crippen LogP contribution in [0.15, 0.2) is 18.3 Å². The predicted molar refractivity (Wildman–Crippen MR) is 105 cm³/mol. The van der Waals surface area contributed by atoms with Crippen molar-refractivity contribution in [2.75, 3.05) is 33.4 Å². The minimum atomic E-state index is -0.487. The number of fused-ring (bicyclic) bond motifs is 2. The van der Waals surface area contributed by atoms with Crippen molar-refractivity contribution in [2.45, 2.75) is 43.8 Å². The molecule has 4 rings (SSSR count). The second-order valence-corrected chi connectivity index (χ2v) is 7.97. The molecule has 2 aliphatic heterocycles. The summed E-state index contributed by atoms with van der Waals surface area (Å²) in [7, 11) is 1.81. The van der Waals surface area contributed by atoms with E-state index in [0.717, 1.165) is 44.6 Å². The minimum absolute atomic E-state index is 0. The average Bonchev–Trinajstić information content (AvgIpc) is 3.14. The zero-order chi connectivity index (χ0) is 18.1. The smallest absolute Gasteiger partial charge is 0.267 e. The van der Waals surface area contributed by atoms with Gasteiger partial charge in [-0.05, 0) is 43.4 Å². The normalized spacial score (nSPS) is 33.4. The van der Waals surface area contributed by atoms with Crippen LogP contribution in [0.5, 0.6) is 0 Å². The van der Waals surface area contributed by atoms with Gasteiger partial charge in [0.1, 0.15) is 11.3 Å². The van der Waals surface area contributed by atoms with E-state index in [1.165, 1.54) is 19.3 Å². The lowest BCUT2D eigenvalue weighted by Gasteiger charge is -2.55. The number of carbonyl (C=O) groups excluding carboxylic acids is 1. The number of nitrogens with zero attached hydrogens (tertiary/aromatic N) is 2. The number of nitrogens with two attached hydrogens (primary N) is 1. The second-order valence-electron chi connectivity index (χ2n) is 7.97. The molecule has 3 heterocycles. The van der Waals surface area contributed by atoms with E-state index in [2.05, 4.69) is 9.88 Å². The first-order chi connectivity index (χ1) is 12.6. The Morgan fingerprint density at radius 2 is 2.07 bits per heavy atom. The van der Waals surface area contributed by atoms with Crippen LogP contribution in [-0.2, 0) is 15.1 Å². The number of ether oxygens (including phenoxy) is 2. The Balaban J connectivity index is 0.00000210. The molecule has 1 aromatic rings. The number of amides is 1. The lowest BCUT2D eigenvalue weighted by atomic mass is 9.62. The topological polar surface area (TPSA) is 77.7 Å². The van der Waals surface area contributed by atoms with Crippen LogP contribution in [0.25, 0.3) is 0 Å². The second kappa shape index (κ2) is 8.43. The number of aromatic nitrogens is 1. The van der Waals surface area contributed by atoms with Gasteiger partial charge in [0.05, 0.1) is 6.10 Å². The number of halogens is 1. The first-order valence-electron chi connectivity index (χ1n) is 9.79. The van der Waals surface area contributed by atoms with Crippen molar-refractivity contribution in [3.8, 4) is 0 Å². The Kier molecular flexibility index (Phi) is 6.41. The van der Waals surface area contributed by atoms with Gasteiger partial charge in [0.2, 0.25) is 0 Å². The Labute approximate surface area is 167 Å². The molecule has 1 aliphatic carbocycles. The van der Waals surface area contributed by atoms with E-state index >= 15 is 0 Å². The maximum absolute atomic E-state index is 11.6. The molecule has 2 N–H and O–H groups in total. The molecule has 3 fully saturated rings. The molecule has 2 bridgehead atoms. The summed E-state index contributed by atoms with van der Waals surface area (Å²) in [6.45, 7) is 3.95. The standard InChI is InChI=1S/C20H29N3O3.ClH/c1-25-20(14-7-8-22-18(10-14)19(21)24)15-4-2-5-16(20)12-23(11-15)13-17-6-3-9-26-17;/h7-8,10,15-17H,2-6,9,11-13H2,1H3,(H2,21,24);1H/t15?,16?,17-,20?;/m0./s1. The lowest BCUT2D eigenvalue weighted by Crippen LogP contribution is -2.59. The Morgan fingerprint density at radius 3 is 2.67 bits per heavy atom. The third kappa shape index (κ3) is 3.73. The SMILES string of the molecule is COC1(c2ccnc(C(N)=O)c2)C2CCCC1CN(C[C@@H]1CCCO1)C2.Cl. The van der Waals surface area contributed by atoms with Crippen LogP contribution in [0.2, 0.25) is 0 Å². The van der Waals surface area contributed by atoms with E-state index in [4.69, 9.17) is 15.2 Å². The molecule has 2 saturated heterocycles. The molecule has 27 heavy (non-hydrogen) atoms. The van der Waals surface area contributed by atoms with Crippen molar-refractivity contribution in [1.29, 1.82) is 0 Å². The van der Waals surface area contributed by atoms with Gasteiger partial charge in [0.25, 0.3) is 5.91 Å². The summed E-state index contributed by atoms with van der Waals surface area (Å²) < 4.78 is 12.1. The quantitative estimate of drug-likeness (QED) is 0.828. The lowest BCUT2D eigenvalue weighted by molar-refractivity contribution is -0.171. The summed E-state index contributed by atoms with van der Waals surface area (Å²) in [4.78, 5) is 18.3. The highest BCUT2D eigenvalue weighted by atomic mass is 35.5. The number of carbonyl (C=O) groups is 1. The molecule has 1 saturated carbocycles. The molecule has 0 spiro atoms. The highest BCUT2D eigenvalue weighted by Crippen LogP contribution is 2.51. The number of pyridine rings is 1. The monoisotopic (exact) mass is 395 g/mol. The zero-order valence-electron chi connectivity index (χ0n) is 15.9. The van der Waals surface area contributed by atoms with E-state index in [-0.39, 0.29) is 18.0 Å². The van der Waals surface area contributed by atoms with Crippen LogP contribution in [0.1, 0.15) is 48.2 Å². The van der Waals surface area contributed by atoms with Gasteiger partial charge in [-0.3, -0.25) is 14.7 Å². The van der Waals surface area contributed by atoms with Gasteiger partial charge in [-0.15, -0.1) is 12.4 Å². The fourth-order valence-electron chi connectivity index (χ4n) is 5.48. The molecule has 2 unspecified atom stereocenters. The van der Waals surface area contributed by atoms with Crippen LogP contribution in [0, 0.1) is 11.8 Å². The predicted octanol–water partition coefficient (Wildman–Crippen LogP) is 2.35. The zero-order valence-corrected chi connectivity index (χ0v) is 16.7. The molecule has 6 nitrogen and oxygen atoms in total. The summed E-state index contributed by atoms with van der Waals surface area (Å²) in [6, 6.07) is 3.84. The van der Waals surface area contributed by atoms with Crippen molar-refractivity contribution >= 4 is 18.3 Å². The fourth-order valence-corrected chi connectivity index (χ4v) is 5.48. The van der Waals surface area contributed by atoms with Crippen LogP contribution < -0.4 is 5.73 Å². The third-order valence-corrected chi connectivity index (χ3v) is 6.56. The largest absolute Gasteiger partial charge is 0.377 e. The summed E-state index contributed by atoms with van der Waals surface area (Å²) in [5.74, 6) is 0.327. The summed E-state index contributed by atoms with van der Waals surface area (Å²) in [5, 5.41) is 0. The van der Waals surface area contributed by atoms with Gasteiger partial charge in [-0.2, -0.15) is 0 Å². The Bertz CT molecular complexity index is 652. The molecule has 3 atom stereocenters. The van der Waals surface area contributed by atoms with Gasteiger partial charge in [-0.25, -0.2) is 0 Å². The number of methoxy groups -OCH3 is 1. The highest BCUT2D eigenvalue weighted by molar-refractivity contribution is 5.90. The number of primary amides is 1. The van der Waals surface area contributed by atoms with E-state index in [1.807, 2.05) is 19.2 Å². The minimum Gasteiger partial charge on any atom is -0.377 e. The van der Waals surface area contributed by atoms with Crippen molar-refractivity contribution < 1.29 is 14.3 Å². The molecular weight excluding hydrogens is 366 g/mol. The number of rotatable bonds is 5. The van der Waals surface area contributed by atoms with Gasteiger partial charge in [0.15, 0.2) is 0 Å². The van der Waals surface area contributed by atoms with E-state index in [1.54, 1.807) is 6.20 Å². The summed E-state index contributed by atoms with van der Waals surface area (Å²) in [5.41, 5.74) is 6.48. The van der Waals surface area contributed by atoms with Gasteiger partial charge >= 0.3 is 0 Å². The Morgan fingerprint density at radius 1 is 1.33 bits per heavy atom. The maximum atomic E-state index is 11.6. The number of likely N-dealkylation sites (tertiary alicyclic amines) is 1. The van der Waals surface area contributed by atoms with Crippen LogP contribution in [-0.4, -0.2) is 55.2 Å². The molecule has 1 amide bonds. The molecule has 150 valence electrons. The molecule has 3 aliphatic rings. The highest BCUT2D eigenvalue weighted by Gasteiger charge is 2.53. The van der Waals surface area contributed by atoms with E-state index in [9.17, 15) is 4.79 Å². The third-order valence-electron chi connectivity index (χ3n) is 6.56. The number of piperidine rings is 1. The van der Waals surface area contributed by atoms with Crippen LogP contribution in [0.3, 0.4) is 0 Å². The van der Waals surface area contributed by atoms with E-state index in [0.29, 0.717) is 23.6 Å². The van der Waals surface area contributed by atoms with Crippen molar-refractivity contribution in [2.24, 2.45) is 17.6 Å². The van der Waals surface area contributed by atoms with Gasteiger partial charge in [-0.1, -0.05) is 6.42 Å². The summed E-state index contributed by atoms with van der Waals surface area (Å²) >= 11 is 0. The molecule has 7 heteroatoms. The maximum Gasteiger partial charge on any atom is 0.267 e. The molecule has 0 radical (unpaired) electrons. The first kappa shape index (κ1) is 20.5.